The molecule has 8 heteroatoms. The van der Waals surface area contributed by atoms with Crippen LogP contribution in [0.3, 0.4) is 0 Å². The van der Waals surface area contributed by atoms with Gasteiger partial charge in [-0.25, -0.2) is 0 Å². The summed E-state index contributed by atoms with van der Waals surface area (Å²) in [5.41, 5.74) is 1.74. The summed E-state index contributed by atoms with van der Waals surface area (Å²) < 4.78 is 7.19. The molecule has 126 valence electrons. The second-order valence-electron chi connectivity index (χ2n) is 5.87. The van der Waals surface area contributed by atoms with Gasteiger partial charge in [-0.2, -0.15) is 5.10 Å². The molecule has 0 bridgehead atoms. The van der Waals surface area contributed by atoms with Crippen LogP contribution in [0, 0.1) is 17.0 Å². The molecule has 0 aliphatic carbocycles. The van der Waals surface area contributed by atoms with Gasteiger partial charge in [-0.3, -0.25) is 19.6 Å². The summed E-state index contributed by atoms with van der Waals surface area (Å²) in [6, 6.07) is 5.75. The Labute approximate surface area is 138 Å². The first-order chi connectivity index (χ1) is 11.4. The number of fused-ring (bicyclic) bond motifs is 1. The van der Waals surface area contributed by atoms with Crippen LogP contribution in [0.25, 0.3) is 0 Å². The predicted molar refractivity (Wildman–Crippen MR) is 87.1 cm³/mol. The van der Waals surface area contributed by atoms with E-state index in [-0.39, 0.29) is 24.1 Å². The van der Waals surface area contributed by atoms with E-state index >= 15 is 0 Å². The zero-order valence-electron chi connectivity index (χ0n) is 13.5. The molecular formula is C16H18N4O4. The Kier molecular flexibility index (Phi) is 4.20. The summed E-state index contributed by atoms with van der Waals surface area (Å²) in [6.45, 7) is 4.65. The average molecular weight is 330 g/mol. The van der Waals surface area contributed by atoms with E-state index < -0.39 is 4.92 Å². The molecule has 1 aliphatic rings. The molecule has 2 aromatic rings. The van der Waals surface area contributed by atoms with Crippen LogP contribution < -0.4 is 9.64 Å². The highest BCUT2D eigenvalue weighted by Gasteiger charge is 2.27. The Bertz CT molecular complexity index is 786. The number of anilines is 1. The Morgan fingerprint density at radius 2 is 2.29 bits per heavy atom. The van der Waals surface area contributed by atoms with Crippen LogP contribution >= 0.6 is 0 Å². The van der Waals surface area contributed by atoms with Crippen molar-refractivity contribution in [1.29, 1.82) is 0 Å². The van der Waals surface area contributed by atoms with Gasteiger partial charge in [0.1, 0.15) is 24.2 Å². The highest BCUT2D eigenvalue weighted by Crippen LogP contribution is 2.34. The van der Waals surface area contributed by atoms with E-state index in [9.17, 15) is 14.9 Å². The van der Waals surface area contributed by atoms with E-state index in [4.69, 9.17) is 4.74 Å². The zero-order valence-corrected chi connectivity index (χ0v) is 13.5. The quantitative estimate of drug-likeness (QED) is 0.634. The third kappa shape index (κ3) is 3.22. The Morgan fingerprint density at radius 3 is 3.00 bits per heavy atom. The molecule has 3 rings (SSSR count). The number of hydrogen-bond donors (Lipinski definition) is 0. The second-order valence-corrected chi connectivity index (χ2v) is 5.87. The van der Waals surface area contributed by atoms with E-state index in [0.29, 0.717) is 18.8 Å². The fourth-order valence-electron chi connectivity index (χ4n) is 2.70. The first-order valence-corrected chi connectivity index (χ1v) is 7.68. The SMILES string of the molecule is Cc1ccc2c(c1)N(C(=O)CCn1cc([N+](=O)[O-])cn1)C[C@H](C)O2. The smallest absolute Gasteiger partial charge is 0.306 e. The summed E-state index contributed by atoms with van der Waals surface area (Å²) in [5.74, 6) is 0.637. The lowest BCUT2D eigenvalue weighted by Crippen LogP contribution is -2.42. The number of amides is 1. The van der Waals surface area contributed by atoms with Crippen molar-refractivity contribution in [1.82, 2.24) is 9.78 Å². The molecule has 1 aliphatic heterocycles. The standard InChI is InChI=1S/C16H18N4O4/c1-11-3-4-15-14(7-11)19(9-12(2)24-15)16(21)5-6-18-10-13(8-17-18)20(22)23/h3-4,7-8,10,12H,5-6,9H2,1-2H3/t12-/m0/s1. The predicted octanol–water partition coefficient (Wildman–Crippen LogP) is 2.30. The minimum absolute atomic E-state index is 0.0600. The Hall–Kier alpha value is -2.90. The molecule has 0 spiro atoms. The number of aryl methyl sites for hydroxylation is 2. The first-order valence-electron chi connectivity index (χ1n) is 7.68. The van der Waals surface area contributed by atoms with Crippen LogP contribution in [0.2, 0.25) is 0 Å². The van der Waals surface area contributed by atoms with E-state index in [1.54, 1.807) is 4.90 Å². The molecule has 2 heterocycles. The van der Waals surface area contributed by atoms with E-state index in [1.165, 1.54) is 17.1 Å². The minimum Gasteiger partial charge on any atom is -0.487 e. The van der Waals surface area contributed by atoms with Crippen molar-refractivity contribution < 1.29 is 14.5 Å². The second kappa shape index (κ2) is 6.31. The molecule has 1 atom stereocenters. The maximum atomic E-state index is 12.6. The summed E-state index contributed by atoms with van der Waals surface area (Å²) in [5, 5.41) is 14.6. The minimum atomic E-state index is -0.506. The van der Waals surface area contributed by atoms with Crippen molar-refractivity contribution in [3.8, 4) is 5.75 Å². The number of nitrogens with zero attached hydrogens (tertiary/aromatic N) is 4. The van der Waals surface area contributed by atoms with Crippen LogP contribution in [0.4, 0.5) is 11.4 Å². The molecule has 0 unspecified atom stereocenters. The van der Waals surface area contributed by atoms with Crippen LogP contribution in [0.1, 0.15) is 18.9 Å². The Morgan fingerprint density at radius 1 is 1.50 bits per heavy atom. The van der Waals surface area contributed by atoms with E-state index in [1.807, 2.05) is 32.0 Å². The van der Waals surface area contributed by atoms with Crippen LogP contribution in [-0.4, -0.2) is 33.3 Å². The molecule has 0 fully saturated rings. The van der Waals surface area contributed by atoms with Gasteiger partial charge in [-0.05, 0) is 31.5 Å². The van der Waals surface area contributed by atoms with Gasteiger partial charge < -0.3 is 9.64 Å². The highest BCUT2D eigenvalue weighted by molar-refractivity contribution is 5.95. The highest BCUT2D eigenvalue weighted by atomic mass is 16.6. The van der Waals surface area contributed by atoms with Crippen LogP contribution in [0.5, 0.6) is 5.75 Å². The van der Waals surface area contributed by atoms with Gasteiger partial charge in [-0.15, -0.1) is 0 Å². The monoisotopic (exact) mass is 330 g/mol. The third-order valence-corrected chi connectivity index (χ3v) is 3.86. The van der Waals surface area contributed by atoms with Gasteiger partial charge in [0.15, 0.2) is 0 Å². The number of benzene rings is 1. The van der Waals surface area contributed by atoms with Crippen molar-refractivity contribution in [3.05, 3.63) is 46.3 Å². The fourth-order valence-corrected chi connectivity index (χ4v) is 2.70. The summed E-state index contributed by atoms with van der Waals surface area (Å²) in [7, 11) is 0. The topological polar surface area (TPSA) is 90.5 Å². The molecular weight excluding hydrogens is 312 g/mol. The Balaban J connectivity index is 1.73. The number of hydrogen-bond acceptors (Lipinski definition) is 5. The summed E-state index contributed by atoms with van der Waals surface area (Å²) in [6.07, 6.45) is 2.63. The van der Waals surface area contributed by atoms with E-state index in [0.717, 1.165) is 11.3 Å². The van der Waals surface area contributed by atoms with Crippen molar-refractivity contribution in [2.75, 3.05) is 11.4 Å². The van der Waals surface area contributed by atoms with Crippen molar-refractivity contribution in [2.24, 2.45) is 0 Å². The number of ether oxygens (including phenoxy) is 1. The largest absolute Gasteiger partial charge is 0.487 e. The normalized spacial score (nSPS) is 16.4. The van der Waals surface area contributed by atoms with Crippen molar-refractivity contribution >= 4 is 17.3 Å². The lowest BCUT2D eigenvalue weighted by atomic mass is 10.1. The van der Waals surface area contributed by atoms with E-state index in [2.05, 4.69) is 5.10 Å². The molecule has 1 aromatic heterocycles. The van der Waals surface area contributed by atoms with Gasteiger partial charge in [0, 0.05) is 13.0 Å². The first kappa shape index (κ1) is 16.0. The maximum Gasteiger partial charge on any atom is 0.306 e. The lowest BCUT2D eigenvalue weighted by molar-refractivity contribution is -0.385. The van der Waals surface area contributed by atoms with Gasteiger partial charge >= 0.3 is 5.69 Å². The number of rotatable bonds is 4. The maximum absolute atomic E-state index is 12.6. The molecule has 0 saturated heterocycles. The lowest BCUT2D eigenvalue weighted by Gasteiger charge is -2.33. The summed E-state index contributed by atoms with van der Waals surface area (Å²) in [4.78, 5) is 24.5. The fraction of sp³-hybridized carbons (Fsp3) is 0.375. The zero-order chi connectivity index (χ0) is 17.3. The molecule has 0 radical (unpaired) electrons. The van der Waals surface area contributed by atoms with Crippen LogP contribution in [-0.2, 0) is 11.3 Å². The molecule has 1 amide bonds. The molecule has 0 N–H and O–H groups in total. The van der Waals surface area contributed by atoms with Gasteiger partial charge in [-0.1, -0.05) is 6.07 Å². The molecule has 24 heavy (non-hydrogen) atoms. The number of carbonyl (C=O) groups is 1. The molecule has 8 nitrogen and oxygen atoms in total. The number of aromatic nitrogens is 2. The van der Waals surface area contributed by atoms with Crippen molar-refractivity contribution in [2.45, 2.75) is 32.9 Å². The molecule has 0 saturated carbocycles. The third-order valence-electron chi connectivity index (χ3n) is 3.86. The average Bonchev–Trinajstić information content (AvgIpc) is 3.01. The van der Waals surface area contributed by atoms with Gasteiger partial charge in [0.05, 0.1) is 17.2 Å². The van der Waals surface area contributed by atoms with Gasteiger partial charge in [0.25, 0.3) is 0 Å². The molecule has 1 aromatic carbocycles. The van der Waals surface area contributed by atoms with Crippen molar-refractivity contribution in [3.63, 3.8) is 0 Å². The number of nitro groups is 1. The summed E-state index contributed by atoms with van der Waals surface area (Å²) >= 11 is 0. The van der Waals surface area contributed by atoms with Crippen LogP contribution in [0.15, 0.2) is 30.6 Å². The number of carbonyl (C=O) groups excluding carboxylic acids is 1. The van der Waals surface area contributed by atoms with Gasteiger partial charge in [0.2, 0.25) is 5.91 Å².